The standard InChI is InChI=1S/C20H22FN5S2/c1-14-18(6-7-20(23-14)28-25-19-8-11-27-24-19)22-12-16-15(4-2-5-17(16)21)13-26-9-3-10-26/h2,4-8,11,22H,3,9-10,12-13H2,1H3,(H,24,25). The fraction of sp³-hybridized carbons (Fsp3) is 0.300. The Bertz CT molecular complexity index is 928. The lowest BCUT2D eigenvalue weighted by molar-refractivity contribution is 0.172. The van der Waals surface area contributed by atoms with Gasteiger partial charge < -0.3 is 10.0 Å². The van der Waals surface area contributed by atoms with Gasteiger partial charge in [-0.2, -0.15) is 4.37 Å². The van der Waals surface area contributed by atoms with E-state index >= 15 is 0 Å². The molecule has 1 aliphatic rings. The molecule has 0 unspecified atom stereocenters. The van der Waals surface area contributed by atoms with Crippen LogP contribution < -0.4 is 10.0 Å². The lowest BCUT2D eigenvalue weighted by Gasteiger charge is -2.31. The summed E-state index contributed by atoms with van der Waals surface area (Å²) in [6.45, 7) is 5.41. The van der Waals surface area contributed by atoms with Gasteiger partial charge in [-0.3, -0.25) is 4.90 Å². The van der Waals surface area contributed by atoms with Crippen molar-refractivity contribution in [3.8, 4) is 0 Å². The van der Waals surface area contributed by atoms with Crippen molar-refractivity contribution >= 4 is 35.0 Å². The molecular weight excluding hydrogens is 393 g/mol. The summed E-state index contributed by atoms with van der Waals surface area (Å²) in [6, 6.07) is 11.2. The average Bonchev–Trinajstić information content (AvgIpc) is 3.17. The Labute approximate surface area is 172 Å². The number of aromatic nitrogens is 2. The minimum Gasteiger partial charge on any atom is -0.379 e. The highest BCUT2D eigenvalue weighted by atomic mass is 32.2. The Kier molecular flexibility index (Phi) is 6.09. The van der Waals surface area contributed by atoms with Gasteiger partial charge in [-0.05, 0) is 67.8 Å². The van der Waals surface area contributed by atoms with Crippen LogP contribution in [0.2, 0.25) is 0 Å². The largest absolute Gasteiger partial charge is 0.379 e. The van der Waals surface area contributed by atoms with Gasteiger partial charge in [-0.15, -0.1) is 0 Å². The number of nitrogens with zero attached hydrogens (tertiary/aromatic N) is 3. The highest BCUT2D eigenvalue weighted by Crippen LogP contribution is 2.24. The monoisotopic (exact) mass is 415 g/mol. The van der Waals surface area contributed by atoms with Gasteiger partial charge in [0.15, 0.2) is 0 Å². The summed E-state index contributed by atoms with van der Waals surface area (Å²) in [6.07, 6.45) is 1.23. The van der Waals surface area contributed by atoms with Crippen molar-refractivity contribution in [3.05, 3.63) is 64.4 Å². The van der Waals surface area contributed by atoms with Gasteiger partial charge in [0.2, 0.25) is 0 Å². The highest BCUT2D eigenvalue weighted by molar-refractivity contribution is 8.00. The summed E-state index contributed by atoms with van der Waals surface area (Å²) in [5, 5.41) is 6.14. The number of hydrogen-bond donors (Lipinski definition) is 2. The molecule has 0 radical (unpaired) electrons. The molecule has 3 heterocycles. The number of benzene rings is 1. The van der Waals surface area contributed by atoms with Crippen LogP contribution in [0.15, 0.2) is 46.8 Å². The van der Waals surface area contributed by atoms with E-state index in [2.05, 4.69) is 24.3 Å². The van der Waals surface area contributed by atoms with Crippen molar-refractivity contribution in [2.45, 2.75) is 31.5 Å². The van der Waals surface area contributed by atoms with E-state index in [4.69, 9.17) is 0 Å². The molecule has 0 saturated carbocycles. The Balaban J connectivity index is 1.40. The van der Waals surface area contributed by atoms with E-state index < -0.39 is 0 Å². The van der Waals surface area contributed by atoms with E-state index in [0.29, 0.717) is 6.54 Å². The number of anilines is 2. The Morgan fingerprint density at radius 2 is 2.11 bits per heavy atom. The first-order valence-electron chi connectivity index (χ1n) is 9.22. The SMILES string of the molecule is Cc1nc(SNc2ccsn2)ccc1NCc1c(F)cccc1CN1CCC1. The third kappa shape index (κ3) is 4.63. The molecule has 0 atom stereocenters. The molecule has 28 heavy (non-hydrogen) atoms. The molecule has 1 fully saturated rings. The molecule has 1 saturated heterocycles. The van der Waals surface area contributed by atoms with Crippen LogP contribution in [-0.2, 0) is 13.1 Å². The predicted molar refractivity (Wildman–Crippen MR) is 114 cm³/mol. The van der Waals surface area contributed by atoms with Gasteiger partial charge in [0.1, 0.15) is 16.7 Å². The zero-order valence-corrected chi connectivity index (χ0v) is 17.2. The summed E-state index contributed by atoms with van der Waals surface area (Å²) in [7, 11) is 0. The van der Waals surface area contributed by atoms with Gasteiger partial charge in [0.05, 0.1) is 11.4 Å². The molecule has 2 aromatic heterocycles. The van der Waals surface area contributed by atoms with Crippen molar-refractivity contribution in [3.63, 3.8) is 0 Å². The van der Waals surface area contributed by atoms with E-state index in [-0.39, 0.29) is 5.82 Å². The van der Waals surface area contributed by atoms with E-state index in [1.54, 1.807) is 6.07 Å². The van der Waals surface area contributed by atoms with Crippen LogP contribution in [0.1, 0.15) is 23.2 Å². The van der Waals surface area contributed by atoms with Crippen LogP contribution >= 0.6 is 23.5 Å². The molecule has 2 N–H and O–H groups in total. The van der Waals surface area contributed by atoms with Crippen molar-refractivity contribution in [2.24, 2.45) is 0 Å². The predicted octanol–water partition coefficient (Wildman–Crippen LogP) is 4.92. The fourth-order valence-corrected chi connectivity index (χ4v) is 4.24. The van der Waals surface area contributed by atoms with Crippen molar-refractivity contribution < 1.29 is 4.39 Å². The Morgan fingerprint density at radius 3 is 2.82 bits per heavy atom. The molecule has 4 rings (SSSR count). The molecule has 146 valence electrons. The summed E-state index contributed by atoms with van der Waals surface area (Å²) < 4.78 is 21.8. The van der Waals surface area contributed by atoms with E-state index in [1.165, 1.54) is 36.0 Å². The molecule has 0 bridgehead atoms. The fourth-order valence-electron chi connectivity index (χ4n) is 3.07. The summed E-state index contributed by atoms with van der Waals surface area (Å²) in [4.78, 5) is 6.95. The number of nitrogens with one attached hydrogen (secondary N) is 2. The second-order valence-corrected chi connectivity index (χ2v) is 8.22. The first kappa shape index (κ1) is 19.2. The summed E-state index contributed by atoms with van der Waals surface area (Å²) in [5.74, 6) is 0.668. The smallest absolute Gasteiger partial charge is 0.149 e. The second kappa shape index (κ2) is 8.89. The normalized spacial score (nSPS) is 13.9. The number of likely N-dealkylation sites (tertiary alicyclic amines) is 1. The minimum absolute atomic E-state index is 0.157. The molecule has 0 spiro atoms. The zero-order valence-electron chi connectivity index (χ0n) is 15.6. The van der Waals surface area contributed by atoms with Crippen LogP contribution in [0.5, 0.6) is 0 Å². The molecule has 0 aliphatic carbocycles. The Morgan fingerprint density at radius 1 is 1.21 bits per heavy atom. The van der Waals surface area contributed by atoms with Crippen molar-refractivity contribution in [2.75, 3.05) is 23.1 Å². The molecular formula is C20H22FN5S2. The summed E-state index contributed by atoms with van der Waals surface area (Å²) in [5.41, 5.74) is 3.58. The molecule has 1 aliphatic heterocycles. The van der Waals surface area contributed by atoms with Crippen LogP contribution in [0, 0.1) is 12.7 Å². The molecule has 1 aromatic carbocycles. The maximum Gasteiger partial charge on any atom is 0.149 e. The quantitative estimate of drug-likeness (QED) is 0.509. The number of aryl methyl sites for hydroxylation is 1. The molecule has 3 aromatic rings. The molecule has 0 amide bonds. The molecule has 5 nitrogen and oxygen atoms in total. The number of rotatable bonds is 8. The van der Waals surface area contributed by atoms with Crippen molar-refractivity contribution in [1.82, 2.24) is 14.3 Å². The maximum absolute atomic E-state index is 14.4. The zero-order chi connectivity index (χ0) is 19.3. The average molecular weight is 416 g/mol. The Hall–Kier alpha value is -2.16. The first-order valence-corrected chi connectivity index (χ1v) is 10.9. The lowest BCUT2D eigenvalue weighted by Crippen LogP contribution is -2.36. The van der Waals surface area contributed by atoms with Crippen LogP contribution in [0.25, 0.3) is 0 Å². The third-order valence-corrected chi connectivity index (χ3v) is 6.08. The summed E-state index contributed by atoms with van der Waals surface area (Å²) >= 11 is 2.83. The van der Waals surface area contributed by atoms with Gasteiger partial charge in [0, 0.05) is 36.0 Å². The van der Waals surface area contributed by atoms with Gasteiger partial charge in [-0.1, -0.05) is 12.1 Å². The van der Waals surface area contributed by atoms with Gasteiger partial charge >= 0.3 is 0 Å². The van der Waals surface area contributed by atoms with Gasteiger partial charge in [-0.25, -0.2) is 9.37 Å². The van der Waals surface area contributed by atoms with Crippen LogP contribution in [0.3, 0.4) is 0 Å². The number of hydrogen-bond acceptors (Lipinski definition) is 7. The van der Waals surface area contributed by atoms with Crippen LogP contribution in [-0.4, -0.2) is 27.3 Å². The minimum atomic E-state index is -0.157. The number of halogens is 1. The van der Waals surface area contributed by atoms with Gasteiger partial charge in [0.25, 0.3) is 0 Å². The first-order chi connectivity index (χ1) is 13.7. The van der Waals surface area contributed by atoms with E-state index in [0.717, 1.165) is 53.0 Å². The lowest BCUT2D eigenvalue weighted by atomic mass is 10.0. The highest BCUT2D eigenvalue weighted by Gasteiger charge is 2.17. The number of pyridine rings is 1. The maximum atomic E-state index is 14.4. The molecule has 8 heteroatoms. The topological polar surface area (TPSA) is 53.1 Å². The third-order valence-electron chi connectivity index (χ3n) is 4.77. The van der Waals surface area contributed by atoms with Crippen LogP contribution in [0.4, 0.5) is 15.9 Å². The van der Waals surface area contributed by atoms with E-state index in [1.807, 2.05) is 36.6 Å². The van der Waals surface area contributed by atoms with E-state index in [9.17, 15) is 4.39 Å². The van der Waals surface area contributed by atoms with Crippen molar-refractivity contribution in [1.29, 1.82) is 0 Å². The second-order valence-electron chi connectivity index (χ2n) is 6.73.